The topological polar surface area (TPSA) is 102 Å². The summed E-state index contributed by atoms with van der Waals surface area (Å²) in [5, 5.41) is 9.19. The van der Waals surface area contributed by atoms with Crippen LogP contribution in [0.25, 0.3) is 0 Å². The van der Waals surface area contributed by atoms with Crippen molar-refractivity contribution in [1.82, 2.24) is 4.72 Å². The van der Waals surface area contributed by atoms with Crippen molar-refractivity contribution in [2.75, 3.05) is 13.2 Å². The van der Waals surface area contributed by atoms with Gasteiger partial charge in [-0.2, -0.15) is 4.72 Å². The van der Waals surface area contributed by atoms with Gasteiger partial charge in [-0.25, -0.2) is 8.42 Å². The van der Waals surface area contributed by atoms with Crippen LogP contribution in [0.2, 0.25) is 0 Å². The van der Waals surface area contributed by atoms with Crippen LogP contribution in [-0.2, 0) is 14.8 Å². The van der Waals surface area contributed by atoms with E-state index in [-0.39, 0.29) is 29.6 Å². The first-order chi connectivity index (χ1) is 10.3. The standard InChI is InChI=1S/C14H19NO6S/c1-9(2)8-10(14(16)17)15-22(18,19)12-5-3-4-11-13(12)21-7-6-20-11/h3-5,9-10,15H,6-8H2,1-2H3,(H,16,17). The van der Waals surface area contributed by atoms with Gasteiger partial charge in [0.1, 0.15) is 24.2 Å². The van der Waals surface area contributed by atoms with Crippen molar-refractivity contribution in [3.05, 3.63) is 18.2 Å². The van der Waals surface area contributed by atoms with Gasteiger partial charge in [0.25, 0.3) is 0 Å². The predicted octanol–water partition coefficient (Wildman–Crippen LogP) is 1.24. The zero-order valence-electron chi connectivity index (χ0n) is 12.4. The molecule has 1 atom stereocenters. The summed E-state index contributed by atoms with van der Waals surface area (Å²) in [6, 6.07) is 3.31. The molecule has 1 aromatic rings. The van der Waals surface area contributed by atoms with Gasteiger partial charge in [-0.15, -0.1) is 0 Å². The summed E-state index contributed by atoms with van der Waals surface area (Å²) in [4.78, 5) is 11.1. The number of fused-ring (bicyclic) bond motifs is 1. The molecule has 7 nitrogen and oxygen atoms in total. The SMILES string of the molecule is CC(C)CC(NS(=O)(=O)c1cccc2c1OCCO2)C(=O)O. The summed E-state index contributed by atoms with van der Waals surface area (Å²) >= 11 is 0. The van der Waals surface area contributed by atoms with E-state index in [1.807, 2.05) is 13.8 Å². The minimum Gasteiger partial charge on any atom is -0.486 e. The normalized spacial score (nSPS) is 15.6. The van der Waals surface area contributed by atoms with E-state index in [9.17, 15) is 18.3 Å². The van der Waals surface area contributed by atoms with Crippen LogP contribution in [0.4, 0.5) is 0 Å². The first-order valence-corrected chi connectivity index (χ1v) is 8.43. The predicted molar refractivity (Wildman–Crippen MR) is 78.6 cm³/mol. The number of carboxylic acid groups (broad SMARTS) is 1. The van der Waals surface area contributed by atoms with Gasteiger partial charge >= 0.3 is 5.97 Å². The highest BCUT2D eigenvalue weighted by atomic mass is 32.2. The number of hydrogen-bond acceptors (Lipinski definition) is 5. The molecular formula is C14H19NO6S. The van der Waals surface area contributed by atoms with Crippen molar-refractivity contribution in [3.8, 4) is 11.5 Å². The molecule has 8 heteroatoms. The highest BCUT2D eigenvalue weighted by molar-refractivity contribution is 7.89. The number of carboxylic acids is 1. The zero-order valence-corrected chi connectivity index (χ0v) is 13.2. The molecule has 1 unspecified atom stereocenters. The van der Waals surface area contributed by atoms with Crippen LogP contribution in [0.3, 0.4) is 0 Å². The van der Waals surface area contributed by atoms with Gasteiger partial charge < -0.3 is 14.6 Å². The highest BCUT2D eigenvalue weighted by Gasteiger charge is 2.30. The first kappa shape index (κ1) is 16.6. The summed E-state index contributed by atoms with van der Waals surface area (Å²) in [6.07, 6.45) is 0.195. The Morgan fingerprint density at radius 2 is 2.00 bits per heavy atom. The average molecular weight is 329 g/mol. The van der Waals surface area contributed by atoms with Crippen LogP contribution in [0.1, 0.15) is 20.3 Å². The largest absolute Gasteiger partial charge is 0.486 e. The maximum absolute atomic E-state index is 12.5. The lowest BCUT2D eigenvalue weighted by Gasteiger charge is -2.22. The second-order valence-corrected chi connectivity index (χ2v) is 7.10. The molecule has 22 heavy (non-hydrogen) atoms. The van der Waals surface area contributed by atoms with Gasteiger partial charge in [-0.1, -0.05) is 19.9 Å². The molecule has 2 rings (SSSR count). The van der Waals surface area contributed by atoms with E-state index in [1.54, 1.807) is 6.07 Å². The molecule has 122 valence electrons. The van der Waals surface area contributed by atoms with Crippen molar-refractivity contribution in [2.24, 2.45) is 5.92 Å². The van der Waals surface area contributed by atoms with E-state index < -0.39 is 22.0 Å². The monoisotopic (exact) mass is 329 g/mol. The molecule has 0 fully saturated rings. The third kappa shape index (κ3) is 3.69. The second-order valence-electron chi connectivity index (χ2n) is 5.42. The number of sulfonamides is 1. The lowest BCUT2D eigenvalue weighted by Crippen LogP contribution is -2.41. The summed E-state index contributed by atoms with van der Waals surface area (Å²) in [5.41, 5.74) is 0. The van der Waals surface area contributed by atoms with Crippen molar-refractivity contribution in [3.63, 3.8) is 0 Å². The number of ether oxygens (including phenoxy) is 2. The molecule has 1 aliphatic rings. The molecule has 0 aliphatic carbocycles. The fourth-order valence-corrected chi connectivity index (χ4v) is 3.54. The number of hydrogen-bond donors (Lipinski definition) is 2. The fourth-order valence-electron chi connectivity index (χ4n) is 2.18. The minimum absolute atomic E-state index is 0.0353. The Morgan fingerprint density at radius 1 is 1.32 bits per heavy atom. The van der Waals surface area contributed by atoms with E-state index in [2.05, 4.69) is 4.72 Å². The van der Waals surface area contributed by atoms with Crippen LogP contribution >= 0.6 is 0 Å². The van der Waals surface area contributed by atoms with E-state index in [0.29, 0.717) is 12.4 Å². The summed E-state index contributed by atoms with van der Waals surface area (Å²) in [5.74, 6) is -0.716. The zero-order chi connectivity index (χ0) is 16.3. The number of benzene rings is 1. The van der Waals surface area contributed by atoms with Crippen molar-refractivity contribution < 1.29 is 27.8 Å². The molecule has 0 amide bonds. The van der Waals surface area contributed by atoms with E-state index in [1.165, 1.54) is 12.1 Å². The number of nitrogens with one attached hydrogen (secondary N) is 1. The molecule has 0 saturated heterocycles. The lowest BCUT2D eigenvalue weighted by molar-refractivity contribution is -0.139. The smallest absolute Gasteiger partial charge is 0.321 e. The molecule has 1 aliphatic heterocycles. The Kier molecular flexibility index (Phi) is 4.92. The van der Waals surface area contributed by atoms with Gasteiger partial charge in [0, 0.05) is 0 Å². The third-order valence-electron chi connectivity index (χ3n) is 3.12. The summed E-state index contributed by atoms with van der Waals surface area (Å²) in [7, 11) is -4.03. The minimum atomic E-state index is -4.03. The Bertz CT molecular complexity index is 655. The van der Waals surface area contributed by atoms with Crippen LogP contribution in [0, 0.1) is 5.92 Å². The number of rotatable bonds is 6. The number of para-hydroxylation sites is 1. The van der Waals surface area contributed by atoms with Crippen LogP contribution < -0.4 is 14.2 Å². The van der Waals surface area contributed by atoms with Crippen LogP contribution in [0.15, 0.2) is 23.1 Å². The van der Waals surface area contributed by atoms with Crippen LogP contribution in [0.5, 0.6) is 11.5 Å². The third-order valence-corrected chi connectivity index (χ3v) is 4.62. The fraction of sp³-hybridized carbons (Fsp3) is 0.500. The van der Waals surface area contributed by atoms with Crippen molar-refractivity contribution in [2.45, 2.75) is 31.2 Å². The maximum atomic E-state index is 12.5. The first-order valence-electron chi connectivity index (χ1n) is 6.95. The van der Waals surface area contributed by atoms with E-state index >= 15 is 0 Å². The van der Waals surface area contributed by atoms with E-state index in [0.717, 1.165) is 0 Å². The van der Waals surface area contributed by atoms with Gasteiger partial charge in [0.2, 0.25) is 10.0 Å². The van der Waals surface area contributed by atoms with Gasteiger partial charge in [-0.3, -0.25) is 4.79 Å². The lowest BCUT2D eigenvalue weighted by atomic mass is 10.1. The molecular weight excluding hydrogens is 310 g/mol. The van der Waals surface area contributed by atoms with Gasteiger partial charge in [0.15, 0.2) is 11.5 Å². The maximum Gasteiger partial charge on any atom is 0.321 e. The molecule has 0 radical (unpaired) electrons. The molecule has 0 bridgehead atoms. The molecule has 2 N–H and O–H groups in total. The Balaban J connectivity index is 2.32. The molecule has 1 heterocycles. The Morgan fingerprint density at radius 3 is 2.64 bits per heavy atom. The van der Waals surface area contributed by atoms with Crippen molar-refractivity contribution >= 4 is 16.0 Å². The molecule has 0 spiro atoms. The van der Waals surface area contributed by atoms with Gasteiger partial charge in [0.05, 0.1) is 0 Å². The number of aliphatic carboxylic acids is 1. The van der Waals surface area contributed by atoms with Gasteiger partial charge in [-0.05, 0) is 24.5 Å². The molecule has 1 aromatic carbocycles. The summed E-state index contributed by atoms with van der Waals surface area (Å²) in [6.45, 7) is 4.24. The summed E-state index contributed by atoms with van der Waals surface area (Å²) < 4.78 is 37.9. The molecule has 0 saturated carbocycles. The Labute approximate surface area is 129 Å². The quantitative estimate of drug-likeness (QED) is 0.814. The second kappa shape index (κ2) is 6.53. The van der Waals surface area contributed by atoms with Crippen molar-refractivity contribution in [1.29, 1.82) is 0 Å². The molecule has 0 aromatic heterocycles. The van der Waals surface area contributed by atoms with Crippen LogP contribution in [-0.4, -0.2) is 38.7 Å². The number of carbonyl (C=O) groups is 1. The average Bonchev–Trinajstić information content (AvgIpc) is 2.45. The Hall–Kier alpha value is -1.80. The van der Waals surface area contributed by atoms with E-state index in [4.69, 9.17) is 9.47 Å². The highest BCUT2D eigenvalue weighted by Crippen LogP contribution is 2.36.